The minimum Gasteiger partial charge on any atom is -0.497 e. The molecule has 1 aromatic heterocycles. The summed E-state index contributed by atoms with van der Waals surface area (Å²) in [6.07, 6.45) is 1.42. The molecule has 2 aromatic carbocycles. The number of furan rings is 1. The SMILES string of the molecule is COc1ccc(/C=N/NC(=O)c2cc3cc([N+](=O)[O-])ccc3o2)c(OC)c1. The van der Waals surface area contributed by atoms with E-state index in [1.807, 2.05) is 0 Å². The van der Waals surface area contributed by atoms with E-state index in [2.05, 4.69) is 10.5 Å². The molecule has 1 N–H and O–H groups in total. The molecule has 3 aromatic rings. The summed E-state index contributed by atoms with van der Waals surface area (Å²) in [5.74, 6) is 0.565. The van der Waals surface area contributed by atoms with Crippen LogP contribution in [0, 0.1) is 10.1 Å². The number of methoxy groups -OCH3 is 2. The van der Waals surface area contributed by atoms with Crippen LogP contribution >= 0.6 is 0 Å². The fourth-order valence-electron chi connectivity index (χ4n) is 2.40. The lowest BCUT2D eigenvalue weighted by Gasteiger charge is -2.06. The Bertz CT molecular complexity index is 1040. The first kappa shape index (κ1) is 17.9. The van der Waals surface area contributed by atoms with Crippen LogP contribution in [0.5, 0.6) is 11.5 Å². The molecule has 0 radical (unpaired) electrons. The molecule has 1 amide bonds. The maximum absolute atomic E-state index is 12.2. The van der Waals surface area contributed by atoms with E-state index in [4.69, 9.17) is 13.9 Å². The minimum absolute atomic E-state index is 0.00987. The van der Waals surface area contributed by atoms with Gasteiger partial charge < -0.3 is 13.9 Å². The zero-order valence-corrected chi connectivity index (χ0v) is 14.5. The maximum Gasteiger partial charge on any atom is 0.307 e. The Kier molecular flexibility index (Phi) is 5.02. The third-order valence-electron chi connectivity index (χ3n) is 3.74. The fraction of sp³-hybridized carbons (Fsp3) is 0.111. The summed E-state index contributed by atoms with van der Waals surface area (Å²) in [5, 5.41) is 15.2. The molecule has 0 unspecified atom stereocenters. The lowest BCUT2D eigenvalue weighted by Crippen LogP contribution is -2.16. The Morgan fingerprint density at radius 3 is 2.70 bits per heavy atom. The topological polar surface area (TPSA) is 116 Å². The van der Waals surface area contributed by atoms with E-state index >= 15 is 0 Å². The molecule has 3 rings (SSSR count). The van der Waals surface area contributed by atoms with Crippen LogP contribution in [0.4, 0.5) is 5.69 Å². The van der Waals surface area contributed by atoms with Gasteiger partial charge in [-0.1, -0.05) is 0 Å². The summed E-state index contributed by atoms with van der Waals surface area (Å²) < 4.78 is 15.8. The van der Waals surface area contributed by atoms with Crippen LogP contribution in [0.25, 0.3) is 11.0 Å². The molecule has 0 saturated heterocycles. The summed E-state index contributed by atoms with van der Waals surface area (Å²) in [7, 11) is 3.06. The van der Waals surface area contributed by atoms with Crippen molar-refractivity contribution in [1.29, 1.82) is 0 Å². The Labute approximate surface area is 153 Å². The van der Waals surface area contributed by atoms with E-state index in [1.165, 1.54) is 37.6 Å². The Balaban J connectivity index is 1.75. The zero-order chi connectivity index (χ0) is 19.4. The third-order valence-corrected chi connectivity index (χ3v) is 3.74. The first-order chi connectivity index (χ1) is 13.0. The van der Waals surface area contributed by atoms with Crippen LogP contribution in [0.3, 0.4) is 0 Å². The number of nitrogens with one attached hydrogen (secondary N) is 1. The number of nitro groups is 1. The monoisotopic (exact) mass is 369 g/mol. The van der Waals surface area contributed by atoms with Crippen molar-refractivity contribution in [2.24, 2.45) is 5.10 Å². The van der Waals surface area contributed by atoms with Gasteiger partial charge in [-0.2, -0.15) is 5.10 Å². The van der Waals surface area contributed by atoms with E-state index in [9.17, 15) is 14.9 Å². The van der Waals surface area contributed by atoms with E-state index in [-0.39, 0.29) is 11.4 Å². The number of benzene rings is 2. The number of hydrazone groups is 1. The van der Waals surface area contributed by atoms with E-state index < -0.39 is 10.8 Å². The molecule has 1 heterocycles. The Morgan fingerprint density at radius 1 is 1.19 bits per heavy atom. The van der Waals surface area contributed by atoms with Crippen molar-refractivity contribution in [3.8, 4) is 11.5 Å². The highest BCUT2D eigenvalue weighted by Gasteiger charge is 2.14. The van der Waals surface area contributed by atoms with Gasteiger partial charge in [-0.15, -0.1) is 0 Å². The predicted octanol–water partition coefficient (Wildman–Crippen LogP) is 3.12. The van der Waals surface area contributed by atoms with Crippen LogP contribution in [-0.4, -0.2) is 31.3 Å². The highest BCUT2D eigenvalue weighted by molar-refractivity contribution is 5.97. The standard InChI is InChI=1S/C18H15N3O6/c1-25-14-5-3-11(16(9-14)26-2)10-19-20-18(22)17-8-12-7-13(21(23)24)4-6-15(12)27-17/h3-10H,1-2H3,(H,20,22)/b19-10+. The molecular weight excluding hydrogens is 354 g/mol. The molecular formula is C18H15N3O6. The van der Waals surface area contributed by atoms with Crippen molar-refractivity contribution in [2.45, 2.75) is 0 Å². The number of carbonyl (C=O) groups excluding carboxylic acids is 1. The van der Waals surface area contributed by atoms with Gasteiger partial charge in [0, 0.05) is 29.1 Å². The van der Waals surface area contributed by atoms with Gasteiger partial charge in [0.05, 0.1) is 25.4 Å². The van der Waals surface area contributed by atoms with Crippen LogP contribution in [0.2, 0.25) is 0 Å². The lowest BCUT2D eigenvalue weighted by molar-refractivity contribution is -0.384. The average Bonchev–Trinajstić information content (AvgIpc) is 3.11. The van der Waals surface area contributed by atoms with E-state index in [1.54, 1.807) is 25.3 Å². The molecule has 27 heavy (non-hydrogen) atoms. The number of rotatable bonds is 6. The van der Waals surface area contributed by atoms with E-state index in [0.29, 0.717) is 28.0 Å². The van der Waals surface area contributed by atoms with Gasteiger partial charge in [-0.05, 0) is 24.3 Å². The van der Waals surface area contributed by atoms with Crippen LogP contribution in [-0.2, 0) is 0 Å². The molecule has 0 bridgehead atoms. The molecule has 0 fully saturated rings. The average molecular weight is 369 g/mol. The number of hydrogen-bond acceptors (Lipinski definition) is 7. The highest BCUT2D eigenvalue weighted by Crippen LogP contribution is 2.25. The molecule has 0 aliphatic rings. The normalized spacial score (nSPS) is 10.9. The minimum atomic E-state index is -0.586. The number of ether oxygens (including phenoxy) is 2. The number of carbonyl (C=O) groups is 1. The smallest absolute Gasteiger partial charge is 0.307 e. The van der Waals surface area contributed by atoms with Gasteiger partial charge in [0.25, 0.3) is 5.69 Å². The van der Waals surface area contributed by atoms with E-state index in [0.717, 1.165) is 0 Å². The third kappa shape index (κ3) is 3.87. The number of nitro benzene ring substituents is 1. The summed E-state index contributed by atoms with van der Waals surface area (Å²) in [6, 6.07) is 10.7. The molecule has 0 atom stereocenters. The highest BCUT2D eigenvalue weighted by atomic mass is 16.6. The summed E-state index contributed by atoms with van der Waals surface area (Å²) in [5.41, 5.74) is 3.26. The zero-order valence-electron chi connectivity index (χ0n) is 14.5. The van der Waals surface area contributed by atoms with Gasteiger partial charge in [0.15, 0.2) is 5.76 Å². The van der Waals surface area contributed by atoms with Crippen LogP contribution in [0.15, 0.2) is 52.0 Å². The first-order valence-corrected chi connectivity index (χ1v) is 7.75. The second-order valence-electron chi connectivity index (χ2n) is 5.40. The molecule has 0 aliphatic heterocycles. The molecule has 9 heteroatoms. The number of fused-ring (bicyclic) bond motifs is 1. The van der Waals surface area contributed by atoms with Gasteiger partial charge in [-0.3, -0.25) is 14.9 Å². The van der Waals surface area contributed by atoms with Crippen molar-refractivity contribution < 1.29 is 23.6 Å². The molecule has 9 nitrogen and oxygen atoms in total. The Morgan fingerprint density at radius 2 is 2.00 bits per heavy atom. The maximum atomic E-state index is 12.2. The molecule has 0 saturated carbocycles. The summed E-state index contributed by atoms with van der Waals surface area (Å²) in [6.45, 7) is 0. The fourth-order valence-corrected chi connectivity index (χ4v) is 2.40. The van der Waals surface area contributed by atoms with Gasteiger partial charge in [0.2, 0.25) is 0 Å². The van der Waals surface area contributed by atoms with Crippen LogP contribution < -0.4 is 14.9 Å². The lowest BCUT2D eigenvalue weighted by atomic mass is 10.2. The van der Waals surface area contributed by atoms with Gasteiger partial charge in [0.1, 0.15) is 17.1 Å². The Hall–Kier alpha value is -3.88. The van der Waals surface area contributed by atoms with Crippen LogP contribution in [0.1, 0.15) is 16.1 Å². The number of non-ortho nitro benzene ring substituents is 1. The second kappa shape index (κ2) is 7.56. The van der Waals surface area contributed by atoms with Gasteiger partial charge >= 0.3 is 5.91 Å². The second-order valence-corrected chi connectivity index (χ2v) is 5.40. The number of amides is 1. The van der Waals surface area contributed by atoms with Crippen molar-refractivity contribution in [3.05, 3.63) is 63.9 Å². The van der Waals surface area contributed by atoms with Crippen molar-refractivity contribution in [2.75, 3.05) is 14.2 Å². The quantitative estimate of drug-likeness (QED) is 0.405. The largest absolute Gasteiger partial charge is 0.497 e. The first-order valence-electron chi connectivity index (χ1n) is 7.75. The molecule has 138 valence electrons. The molecule has 0 spiro atoms. The molecule has 0 aliphatic carbocycles. The number of hydrogen-bond donors (Lipinski definition) is 1. The van der Waals surface area contributed by atoms with Crippen molar-refractivity contribution in [3.63, 3.8) is 0 Å². The van der Waals surface area contributed by atoms with Gasteiger partial charge in [-0.25, -0.2) is 5.43 Å². The number of nitrogens with zero attached hydrogens (tertiary/aromatic N) is 2. The summed E-state index contributed by atoms with van der Waals surface area (Å²) >= 11 is 0. The predicted molar refractivity (Wildman–Crippen MR) is 97.5 cm³/mol. The van der Waals surface area contributed by atoms with Crippen molar-refractivity contribution in [1.82, 2.24) is 5.43 Å². The van der Waals surface area contributed by atoms with Crippen molar-refractivity contribution >= 4 is 28.8 Å². The summed E-state index contributed by atoms with van der Waals surface area (Å²) in [4.78, 5) is 22.5.